The predicted molar refractivity (Wildman–Crippen MR) is 79.8 cm³/mol. The van der Waals surface area contributed by atoms with Crippen LogP contribution in [0.5, 0.6) is 0 Å². The largest absolute Gasteiger partial charge is 0.460 e. The van der Waals surface area contributed by atoms with Crippen LogP contribution < -0.4 is 10.2 Å². The smallest absolute Gasteiger partial charge is 0.338 e. The minimum absolute atomic E-state index is 0.0174. The van der Waals surface area contributed by atoms with Crippen LogP contribution in [0.4, 0.5) is 0 Å². The topological polar surface area (TPSA) is 121 Å². The van der Waals surface area contributed by atoms with Crippen molar-refractivity contribution in [3.05, 3.63) is 59.1 Å². The van der Waals surface area contributed by atoms with Gasteiger partial charge in [-0.3, -0.25) is 14.4 Å². The van der Waals surface area contributed by atoms with Crippen molar-refractivity contribution in [1.29, 1.82) is 0 Å². The van der Waals surface area contributed by atoms with Crippen LogP contribution in [0.25, 0.3) is 11.0 Å². The van der Waals surface area contributed by atoms with Gasteiger partial charge in [-0.25, -0.2) is 4.79 Å². The summed E-state index contributed by atoms with van der Waals surface area (Å²) in [5.41, 5.74) is 0.935. The molecule has 0 unspecified atom stereocenters. The van der Waals surface area contributed by atoms with E-state index in [1.165, 1.54) is 24.4 Å². The second-order valence-electron chi connectivity index (χ2n) is 4.74. The Kier molecular flexibility index (Phi) is 4.32. The van der Waals surface area contributed by atoms with Gasteiger partial charge < -0.3 is 15.3 Å². The van der Waals surface area contributed by atoms with E-state index < -0.39 is 5.97 Å². The van der Waals surface area contributed by atoms with Gasteiger partial charge in [-0.05, 0) is 29.2 Å². The van der Waals surface area contributed by atoms with E-state index >= 15 is 0 Å². The Balaban J connectivity index is 1.51. The van der Waals surface area contributed by atoms with E-state index in [0.29, 0.717) is 5.52 Å². The maximum Gasteiger partial charge on any atom is 0.338 e. The number of rotatable bonds is 5. The van der Waals surface area contributed by atoms with Crippen molar-refractivity contribution < 1.29 is 23.9 Å². The van der Waals surface area contributed by atoms with E-state index in [1.807, 2.05) is 0 Å². The highest BCUT2D eigenvalue weighted by molar-refractivity contribution is 5.93. The molecule has 122 valence electrons. The van der Waals surface area contributed by atoms with Gasteiger partial charge in [-0.2, -0.15) is 0 Å². The van der Waals surface area contributed by atoms with Crippen molar-refractivity contribution in [1.82, 2.24) is 15.5 Å². The number of nitrogens with one attached hydrogen (secondary N) is 1. The van der Waals surface area contributed by atoms with Gasteiger partial charge in [0.25, 0.3) is 5.91 Å². The third-order valence-corrected chi connectivity index (χ3v) is 3.14. The highest BCUT2D eigenvalue weighted by atomic mass is 16.8. The molecule has 0 aliphatic rings. The molecule has 0 bridgehead atoms. The Morgan fingerprint density at radius 1 is 1.29 bits per heavy atom. The summed E-state index contributed by atoms with van der Waals surface area (Å²) in [7, 11) is 0. The minimum atomic E-state index is -0.620. The van der Waals surface area contributed by atoms with Gasteiger partial charge in [0, 0.05) is 17.4 Å². The van der Waals surface area contributed by atoms with Crippen molar-refractivity contribution in [2.75, 3.05) is 13.2 Å². The molecule has 0 fully saturated rings. The Morgan fingerprint density at radius 2 is 2.17 bits per heavy atom. The first-order valence-corrected chi connectivity index (χ1v) is 7.01. The van der Waals surface area contributed by atoms with Crippen LogP contribution in [0.1, 0.15) is 20.8 Å². The Morgan fingerprint density at radius 3 is 2.96 bits per heavy atom. The monoisotopic (exact) mass is 328 g/mol. The SMILES string of the molecule is O=C(OCCNC(=O)c1ccccn1)c1ccc2no[n+]([O-])c2c1. The zero-order valence-corrected chi connectivity index (χ0v) is 12.3. The molecule has 1 amide bonds. The molecule has 0 aliphatic carbocycles. The normalized spacial score (nSPS) is 10.5. The molecule has 9 heteroatoms. The second kappa shape index (κ2) is 6.73. The first-order valence-electron chi connectivity index (χ1n) is 7.01. The molecule has 0 spiro atoms. The molecule has 1 aromatic carbocycles. The zero-order valence-electron chi connectivity index (χ0n) is 12.3. The summed E-state index contributed by atoms with van der Waals surface area (Å²) in [6.45, 7) is 0.120. The van der Waals surface area contributed by atoms with Crippen LogP contribution in [-0.4, -0.2) is 35.2 Å². The standard InChI is InChI=1S/C15H12N4O5/c20-14(12-3-1-2-6-16-12)17-7-8-23-15(21)10-4-5-11-13(9-10)19(22)24-18-11/h1-6,9H,7-8H2,(H,17,20). The lowest BCUT2D eigenvalue weighted by molar-refractivity contribution is -0.782. The number of carbonyl (C=O) groups is 2. The first kappa shape index (κ1) is 15.4. The summed E-state index contributed by atoms with van der Waals surface area (Å²) in [4.78, 5) is 27.8. The van der Waals surface area contributed by atoms with Crippen molar-refractivity contribution in [3.8, 4) is 0 Å². The van der Waals surface area contributed by atoms with Crippen molar-refractivity contribution >= 4 is 22.9 Å². The van der Waals surface area contributed by atoms with Crippen LogP contribution in [0.2, 0.25) is 0 Å². The van der Waals surface area contributed by atoms with Gasteiger partial charge in [0.2, 0.25) is 11.0 Å². The van der Waals surface area contributed by atoms with E-state index in [-0.39, 0.29) is 40.7 Å². The van der Waals surface area contributed by atoms with E-state index in [0.717, 1.165) is 0 Å². The lowest BCUT2D eigenvalue weighted by Gasteiger charge is -2.06. The molecule has 2 aromatic heterocycles. The van der Waals surface area contributed by atoms with Crippen LogP contribution in [0, 0.1) is 5.21 Å². The van der Waals surface area contributed by atoms with Crippen molar-refractivity contribution in [3.63, 3.8) is 0 Å². The molecule has 1 N–H and O–H groups in total. The fourth-order valence-corrected chi connectivity index (χ4v) is 1.98. The van der Waals surface area contributed by atoms with Crippen LogP contribution in [0.3, 0.4) is 0 Å². The molecule has 9 nitrogen and oxygen atoms in total. The predicted octanol–water partition coefficient (Wildman–Crippen LogP) is 0.443. The summed E-state index contributed by atoms with van der Waals surface area (Å²) in [6, 6.07) is 9.26. The average molecular weight is 328 g/mol. The summed E-state index contributed by atoms with van der Waals surface area (Å²) < 4.78 is 9.47. The Bertz CT molecular complexity index is 878. The first-order chi connectivity index (χ1) is 11.6. The van der Waals surface area contributed by atoms with E-state index in [9.17, 15) is 14.8 Å². The molecule has 0 atom stereocenters. The van der Waals surface area contributed by atoms with Gasteiger partial charge in [-0.15, -0.1) is 0 Å². The average Bonchev–Trinajstić information content (AvgIpc) is 2.99. The number of pyridine rings is 1. The Labute approximate surface area is 135 Å². The fraction of sp³-hybridized carbons (Fsp3) is 0.133. The van der Waals surface area contributed by atoms with E-state index in [1.54, 1.807) is 18.2 Å². The zero-order chi connectivity index (χ0) is 16.9. The quantitative estimate of drug-likeness (QED) is 0.410. The molecule has 0 saturated heterocycles. The van der Waals surface area contributed by atoms with E-state index in [4.69, 9.17) is 4.74 Å². The Hall–Kier alpha value is -3.49. The third-order valence-electron chi connectivity index (χ3n) is 3.14. The molecule has 3 rings (SSSR count). The number of hydrogen-bond acceptors (Lipinski definition) is 7. The number of carbonyl (C=O) groups excluding carboxylic acids is 2. The number of fused-ring (bicyclic) bond motifs is 1. The summed E-state index contributed by atoms with van der Waals surface area (Å²) in [5, 5.41) is 17.4. The number of nitrogens with zero attached hydrogens (tertiary/aromatic N) is 3. The molecule has 2 heterocycles. The minimum Gasteiger partial charge on any atom is -0.460 e. The fourth-order valence-electron chi connectivity index (χ4n) is 1.98. The maximum absolute atomic E-state index is 11.9. The number of hydrogen-bond donors (Lipinski definition) is 1. The van der Waals surface area contributed by atoms with Gasteiger partial charge in [-0.1, -0.05) is 6.07 Å². The summed E-state index contributed by atoms with van der Waals surface area (Å²) >= 11 is 0. The summed E-state index contributed by atoms with van der Waals surface area (Å²) in [5.74, 6) is -0.977. The van der Waals surface area contributed by atoms with Crippen molar-refractivity contribution in [2.24, 2.45) is 0 Å². The number of esters is 1. The van der Waals surface area contributed by atoms with Crippen LogP contribution >= 0.6 is 0 Å². The third kappa shape index (κ3) is 3.29. The van der Waals surface area contributed by atoms with Gasteiger partial charge in [0.05, 0.1) is 12.1 Å². The van der Waals surface area contributed by atoms with Crippen molar-refractivity contribution in [2.45, 2.75) is 0 Å². The lowest BCUT2D eigenvalue weighted by Crippen LogP contribution is -2.28. The van der Waals surface area contributed by atoms with E-state index in [2.05, 4.69) is 20.1 Å². The summed E-state index contributed by atoms with van der Waals surface area (Å²) in [6.07, 6.45) is 1.51. The van der Waals surface area contributed by atoms with Gasteiger partial charge in [0.1, 0.15) is 12.3 Å². The van der Waals surface area contributed by atoms with Gasteiger partial charge >= 0.3 is 5.97 Å². The van der Waals surface area contributed by atoms with Crippen LogP contribution in [-0.2, 0) is 4.74 Å². The maximum atomic E-state index is 11.9. The number of ether oxygens (including phenoxy) is 1. The highest BCUT2D eigenvalue weighted by Crippen LogP contribution is 2.11. The molecule has 0 radical (unpaired) electrons. The molecule has 0 saturated carbocycles. The van der Waals surface area contributed by atoms with Crippen LogP contribution in [0.15, 0.2) is 47.2 Å². The van der Waals surface area contributed by atoms with Gasteiger partial charge in [0.15, 0.2) is 0 Å². The number of benzene rings is 1. The molecular formula is C15H12N4O5. The lowest BCUT2D eigenvalue weighted by atomic mass is 10.2. The number of amides is 1. The molecule has 3 aromatic rings. The molecular weight excluding hydrogens is 316 g/mol. The highest BCUT2D eigenvalue weighted by Gasteiger charge is 2.14. The molecule has 0 aliphatic heterocycles. The second-order valence-corrected chi connectivity index (χ2v) is 4.74. The number of aromatic nitrogens is 3. The molecule has 24 heavy (non-hydrogen) atoms.